The molecule has 0 radical (unpaired) electrons. The van der Waals surface area contributed by atoms with Gasteiger partial charge in [0.15, 0.2) is 0 Å². The van der Waals surface area contributed by atoms with Crippen LogP contribution < -0.4 is 10.1 Å². The molecule has 1 atom stereocenters. The molecular formula is C32H41N3O6S. The first-order valence-corrected chi connectivity index (χ1v) is 14.9. The summed E-state index contributed by atoms with van der Waals surface area (Å²) >= 11 is 1.56. The third kappa shape index (κ3) is 11.1. The number of hydrogen-bond acceptors (Lipinski definition) is 6. The molecule has 0 unspecified atom stereocenters. The summed E-state index contributed by atoms with van der Waals surface area (Å²) in [6.07, 6.45) is 0.242. The molecule has 3 aromatic rings. The molecule has 2 aromatic carbocycles. The molecule has 1 heterocycles. The normalized spacial score (nSPS) is 11.8. The van der Waals surface area contributed by atoms with E-state index in [1.54, 1.807) is 68.4 Å². The summed E-state index contributed by atoms with van der Waals surface area (Å²) in [5.41, 5.74) is 0.760. The van der Waals surface area contributed by atoms with E-state index in [9.17, 15) is 19.5 Å². The molecule has 0 fully saturated rings. The number of carboxylic acid groups (broad SMARTS) is 1. The van der Waals surface area contributed by atoms with Crippen LogP contribution in [0.2, 0.25) is 0 Å². The van der Waals surface area contributed by atoms with Gasteiger partial charge in [0.2, 0.25) is 0 Å². The lowest BCUT2D eigenvalue weighted by atomic mass is 10.1. The third-order valence-corrected chi connectivity index (χ3v) is 7.29. The third-order valence-electron chi connectivity index (χ3n) is 6.43. The van der Waals surface area contributed by atoms with Gasteiger partial charge in [0, 0.05) is 36.1 Å². The van der Waals surface area contributed by atoms with Crippen molar-refractivity contribution in [2.45, 2.75) is 64.8 Å². The number of alkyl carbamates (subject to hydrolysis) is 1. The molecule has 0 bridgehead atoms. The van der Waals surface area contributed by atoms with Crippen LogP contribution >= 0.6 is 11.3 Å². The van der Waals surface area contributed by atoms with Crippen LogP contribution in [0.25, 0.3) is 0 Å². The lowest BCUT2D eigenvalue weighted by Crippen LogP contribution is -2.47. The number of rotatable bonds is 14. The van der Waals surface area contributed by atoms with Gasteiger partial charge in [-0.1, -0.05) is 36.4 Å². The fourth-order valence-corrected chi connectivity index (χ4v) is 5.13. The monoisotopic (exact) mass is 595 g/mol. The van der Waals surface area contributed by atoms with Gasteiger partial charge in [-0.3, -0.25) is 4.79 Å². The van der Waals surface area contributed by atoms with Crippen LogP contribution in [-0.4, -0.2) is 64.8 Å². The van der Waals surface area contributed by atoms with E-state index in [0.29, 0.717) is 50.2 Å². The Labute approximate surface area is 252 Å². The van der Waals surface area contributed by atoms with Crippen molar-refractivity contribution in [2.24, 2.45) is 0 Å². The molecule has 1 aromatic heterocycles. The summed E-state index contributed by atoms with van der Waals surface area (Å²) in [5, 5.41) is 14.6. The van der Waals surface area contributed by atoms with E-state index in [4.69, 9.17) is 9.47 Å². The van der Waals surface area contributed by atoms with Crippen LogP contribution in [0.1, 0.15) is 60.8 Å². The quantitative estimate of drug-likeness (QED) is 0.202. The Morgan fingerprint density at radius 1 is 0.929 bits per heavy atom. The highest BCUT2D eigenvalue weighted by molar-refractivity contribution is 7.09. The zero-order chi connectivity index (χ0) is 30.5. The highest BCUT2D eigenvalue weighted by Gasteiger charge is 2.25. The number of benzene rings is 2. The number of nitrogens with one attached hydrogen (secondary N) is 1. The predicted octanol–water partition coefficient (Wildman–Crippen LogP) is 6.64. The SMILES string of the molecule is COc1ccc(C(=O)N(Cc2cccs2)C[C@H](CCCCN(Cc2ccccc2)C(=O)O)NC(=O)OC(C)(C)C)cc1. The molecule has 0 aliphatic heterocycles. The Hall–Kier alpha value is -4.05. The number of methoxy groups -OCH3 is 1. The lowest BCUT2D eigenvalue weighted by Gasteiger charge is -2.29. The van der Waals surface area contributed by atoms with Crippen molar-refractivity contribution in [2.75, 3.05) is 20.2 Å². The highest BCUT2D eigenvalue weighted by atomic mass is 32.1. The Bertz CT molecular complexity index is 1260. The second-order valence-electron chi connectivity index (χ2n) is 11.0. The molecule has 0 saturated carbocycles. The first kappa shape index (κ1) is 32.5. The first-order chi connectivity index (χ1) is 20.0. The number of amides is 3. The lowest BCUT2D eigenvalue weighted by molar-refractivity contribution is 0.0472. The molecule has 0 saturated heterocycles. The molecule has 2 N–H and O–H groups in total. The zero-order valence-corrected chi connectivity index (χ0v) is 25.6. The number of hydrogen-bond donors (Lipinski definition) is 2. The van der Waals surface area contributed by atoms with Crippen LogP contribution in [0.3, 0.4) is 0 Å². The van der Waals surface area contributed by atoms with Crippen molar-refractivity contribution < 1.29 is 29.0 Å². The van der Waals surface area contributed by atoms with E-state index in [1.807, 2.05) is 47.8 Å². The molecule has 0 aliphatic rings. The van der Waals surface area contributed by atoms with Gasteiger partial charge in [-0.15, -0.1) is 11.3 Å². The molecule has 42 heavy (non-hydrogen) atoms. The van der Waals surface area contributed by atoms with E-state index < -0.39 is 23.8 Å². The molecule has 0 aliphatic carbocycles. The smallest absolute Gasteiger partial charge is 0.407 e. The Balaban J connectivity index is 1.72. The number of carbonyl (C=O) groups is 3. The average Bonchev–Trinajstić information content (AvgIpc) is 3.46. The van der Waals surface area contributed by atoms with Crippen molar-refractivity contribution in [3.63, 3.8) is 0 Å². The fourth-order valence-electron chi connectivity index (χ4n) is 4.41. The van der Waals surface area contributed by atoms with Crippen molar-refractivity contribution in [3.05, 3.63) is 88.1 Å². The van der Waals surface area contributed by atoms with Crippen LogP contribution in [0.4, 0.5) is 9.59 Å². The topological polar surface area (TPSA) is 108 Å². The summed E-state index contributed by atoms with van der Waals surface area (Å²) in [5.74, 6) is 0.491. The molecule has 9 nitrogen and oxygen atoms in total. The van der Waals surface area contributed by atoms with E-state index in [-0.39, 0.29) is 12.5 Å². The van der Waals surface area contributed by atoms with E-state index in [2.05, 4.69) is 5.32 Å². The van der Waals surface area contributed by atoms with Crippen molar-refractivity contribution in [1.29, 1.82) is 0 Å². The second-order valence-corrected chi connectivity index (χ2v) is 12.1. The minimum Gasteiger partial charge on any atom is -0.497 e. The number of unbranched alkanes of at least 4 members (excludes halogenated alkanes) is 1. The predicted molar refractivity (Wildman–Crippen MR) is 164 cm³/mol. The Kier molecular flexibility index (Phi) is 12.2. The highest BCUT2D eigenvalue weighted by Crippen LogP contribution is 2.19. The average molecular weight is 596 g/mol. The summed E-state index contributed by atoms with van der Waals surface area (Å²) in [4.78, 5) is 42.4. The van der Waals surface area contributed by atoms with E-state index in [1.165, 1.54) is 4.90 Å². The number of carbonyl (C=O) groups excluding carboxylic acids is 2. The maximum absolute atomic E-state index is 13.7. The van der Waals surface area contributed by atoms with Gasteiger partial charge in [0.1, 0.15) is 11.4 Å². The van der Waals surface area contributed by atoms with Crippen molar-refractivity contribution in [3.8, 4) is 5.75 Å². The van der Waals surface area contributed by atoms with Crippen LogP contribution in [-0.2, 0) is 17.8 Å². The summed E-state index contributed by atoms with van der Waals surface area (Å²) < 4.78 is 10.8. The van der Waals surface area contributed by atoms with Crippen molar-refractivity contribution >= 4 is 29.4 Å². The second kappa shape index (κ2) is 15.8. The van der Waals surface area contributed by atoms with Crippen molar-refractivity contribution in [1.82, 2.24) is 15.1 Å². The number of thiophene rings is 1. The maximum atomic E-state index is 13.7. The van der Waals surface area contributed by atoms with E-state index >= 15 is 0 Å². The standard InChI is InChI=1S/C32H41N3O6S/c1-32(2,3)41-30(37)33-26(13-8-9-19-34(31(38)39)21-24-11-6-5-7-12-24)22-35(23-28-14-10-20-42-28)29(36)25-15-17-27(40-4)18-16-25/h5-7,10-12,14-18,20,26H,8-9,13,19,21-23H2,1-4H3,(H,33,37)(H,38,39)/t26-/m0/s1. The number of ether oxygens (including phenoxy) is 2. The summed E-state index contributed by atoms with van der Waals surface area (Å²) in [6, 6.07) is 19.9. The van der Waals surface area contributed by atoms with Gasteiger partial charge in [-0.25, -0.2) is 9.59 Å². The molecule has 3 amide bonds. The van der Waals surface area contributed by atoms with Gasteiger partial charge in [-0.05, 0) is 81.3 Å². The first-order valence-electron chi connectivity index (χ1n) is 14.0. The molecular weight excluding hydrogens is 554 g/mol. The minimum atomic E-state index is -0.977. The maximum Gasteiger partial charge on any atom is 0.407 e. The van der Waals surface area contributed by atoms with Crippen LogP contribution in [0, 0.1) is 0 Å². The minimum absolute atomic E-state index is 0.165. The van der Waals surface area contributed by atoms with E-state index in [0.717, 1.165) is 10.4 Å². The van der Waals surface area contributed by atoms with Crippen LogP contribution in [0.5, 0.6) is 5.75 Å². The van der Waals surface area contributed by atoms with Gasteiger partial charge in [-0.2, -0.15) is 0 Å². The Morgan fingerprint density at radius 3 is 2.24 bits per heavy atom. The zero-order valence-electron chi connectivity index (χ0n) is 24.7. The fraction of sp³-hybridized carbons (Fsp3) is 0.406. The van der Waals surface area contributed by atoms with Gasteiger partial charge >= 0.3 is 12.2 Å². The largest absolute Gasteiger partial charge is 0.497 e. The number of nitrogens with zero attached hydrogens (tertiary/aromatic N) is 2. The molecule has 226 valence electrons. The summed E-state index contributed by atoms with van der Waals surface area (Å²) in [7, 11) is 1.57. The Morgan fingerprint density at radius 2 is 1.64 bits per heavy atom. The summed E-state index contributed by atoms with van der Waals surface area (Å²) in [6.45, 7) is 6.70. The molecule has 10 heteroatoms. The van der Waals surface area contributed by atoms with Gasteiger partial charge in [0.25, 0.3) is 5.91 Å². The van der Waals surface area contributed by atoms with Gasteiger partial charge < -0.3 is 29.7 Å². The molecule has 3 rings (SSSR count). The van der Waals surface area contributed by atoms with Gasteiger partial charge in [0.05, 0.1) is 13.7 Å². The van der Waals surface area contributed by atoms with Crippen LogP contribution in [0.15, 0.2) is 72.1 Å². The molecule has 0 spiro atoms.